The summed E-state index contributed by atoms with van der Waals surface area (Å²) in [6.07, 6.45) is 1.48. The summed E-state index contributed by atoms with van der Waals surface area (Å²) in [4.78, 5) is 24.7. The van der Waals surface area contributed by atoms with Crippen molar-refractivity contribution in [1.82, 2.24) is 4.90 Å². The molecule has 0 aliphatic carbocycles. The lowest BCUT2D eigenvalue weighted by Crippen LogP contribution is -2.35. The van der Waals surface area contributed by atoms with Gasteiger partial charge in [0.1, 0.15) is 24.2 Å². The van der Waals surface area contributed by atoms with Crippen molar-refractivity contribution in [2.45, 2.75) is 38.2 Å². The topological polar surface area (TPSA) is 85.3 Å². The first-order valence-electron chi connectivity index (χ1n) is 10.8. The molecule has 7 nitrogen and oxygen atoms in total. The van der Waals surface area contributed by atoms with Crippen LogP contribution in [-0.2, 0) is 27.2 Å². The number of hydrogen-bond donors (Lipinski definition) is 1. The van der Waals surface area contributed by atoms with E-state index in [0.717, 1.165) is 29.9 Å². The Morgan fingerprint density at radius 3 is 2.53 bits per heavy atom. The average Bonchev–Trinajstić information content (AvgIpc) is 2.76. The van der Waals surface area contributed by atoms with Crippen LogP contribution >= 0.6 is 0 Å². The van der Waals surface area contributed by atoms with Gasteiger partial charge in [0.2, 0.25) is 0 Å². The molecular formula is C25H33NO6. The fourth-order valence-electron chi connectivity index (χ4n) is 3.30. The lowest BCUT2D eigenvalue weighted by atomic mass is 10.0. The van der Waals surface area contributed by atoms with Crippen molar-refractivity contribution < 1.29 is 28.9 Å². The fourth-order valence-corrected chi connectivity index (χ4v) is 3.30. The number of methoxy groups -OCH3 is 1. The second-order valence-corrected chi connectivity index (χ2v) is 7.89. The molecule has 0 fully saturated rings. The number of para-hydroxylation sites is 1. The molecule has 32 heavy (non-hydrogen) atoms. The van der Waals surface area contributed by atoms with Crippen molar-refractivity contribution in [2.75, 3.05) is 34.4 Å². The maximum Gasteiger partial charge on any atom is 0.306 e. The monoisotopic (exact) mass is 443 g/mol. The van der Waals surface area contributed by atoms with Gasteiger partial charge in [-0.2, -0.15) is 0 Å². The van der Waals surface area contributed by atoms with Crippen LogP contribution in [0.1, 0.15) is 30.4 Å². The van der Waals surface area contributed by atoms with E-state index in [2.05, 4.69) is 6.07 Å². The molecule has 1 N–H and O–H groups in total. The molecule has 0 aromatic heterocycles. The molecule has 0 amide bonds. The second kappa shape index (κ2) is 13.4. The van der Waals surface area contributed by atoms with E-state index >= 15 is 0 Å². The summed E-state index contributed by atoms with van der Waals surface area (Å²) in [5.74, 6) is 0.273. The van der Waals surface area contributed by atoms with Crippen molar-refractivity contribution in [1.29, 1.82) is 0 Å². The summed E-state index contributed by atoms with van der Waals surface area (Å²) < 4.78 is 16.9. The standard InChI is InChI=1S/C25H33NO6/c1-26(2)17-22(32-25(29)13-7-12-24(27)28)18-31-23-11-5-4-9-20(23)15-14-19-8-6-10-21(16-19)30-3/h4-6,8-11,16,22H,7,12-15,17-18H2,1-3H3,(H,27,28)/t22-/m1/s1. The van der Waals surface area contributed by atoms with Crippen LogP contribution in [0.5, 0.6) is 11.5 Å². The number of rotatable bonds is 14. The molecule has 2 aromatic carbocycles. The molecule has 0 aliphatic heterocycles. The zero-order chi connectivity index (χ0) is 23.3. The number of benzene rings is 2. The number of nitrogens with zero attached hydrogens (tertiary/aromatic N) is 1. The first-order chi connectivity index (χ1) is 15.4. The predicted molar refractivity (Wildman–Crippen MR) is 122 cm³/mol. The molecule has 0 spiro atoms. The second-order valence-electron chi connectivity index (χ2n) is 7.89. The number of aliphatic carboxylic acids is 1. The molecule has 0 bridgehead atoms. The van der Waals surface area contributed by atoms with Crippen molar-refractivity contribution in [3.63, 3.8) is 0 Å². The molecule has 1 atom stereocenters. The normalized spacial score (nSPS) is 11.8. The van der Waals surface area contributed by atoms with E-state index in [1.807, 2.05) is 61.5 Å². The lowest BCUT2D eigenvalue weighted by molar-refractivity contribution is -0.151. The third kappa shape index (κ3) is 9.39. The Morgan fingerprint density at radius 1 is 1.03 bits per heavy atom. The molecule has 2 rings (SSSR count). The highest BCUT2D eigenvalue weighted by molar-refractivity contribution is 5.71. The number of carbonyl (C=O) groups is 2. The van der Waals surface area contributed by atoms with Crippen LogP contribution in [0, 0.1) is 0 Å². The number of esters is 1. The highest BCUT2D eigenvalue weighted by atomic mass is 16.6. The van der Waals surface area contributed by atoms with Crippen LogP contribution in [0.3, 0.4) is 0 Å². The van der Waals surface area contributed by atoms with Gasteiger partial charge in [0.15, 0.2) is 0 Å². The number of hydrogen-bond acceptors (Lipinski definition) is 6. The molecule has 0 saturated carbocycles. The number of carboxylic acid groups (broad SMARTS) is 1. The predicted octanol–water partition coefficient (Wildman–Crippen LogP) is 3.59. The first-order valence-corrected chi connectivity index (χ1v) is 10.8. The zero-order valence-electron chi connectivity index (χ0n) is 19.1. The molecular weight excluding hydrogens is 410 g/mol. The third-order valence-corrected chi connectivity index (χ3v) is 4.85. The van der Waals surface area contributed by atoms with E-state index < -0.39 is 18.0 Å². The summed E-state index contributed by atoms with van der Waals surface area (Å²) in [6.45, 7) is 0.732. The molecule has 0 aliphatic rings. The summed E-state index contributed by atoms with van der Waals surface area (Å²) in [5.41, 5.74) is 2.26. The van der Waals surface area contributed by atoms with Crippen LogP contribution in [0.25, 0.3) is 0 Å². The Kier molecular flexibility index (Phi) is 10.5. The van der Waals surface area contributed by atoms with Crippen LogP contribution in [0.2, 0.25) is 0 Å². The van der Waals surface area contributed by atoms with Gasteiger partial charge in [-0.1, -0.05) is 30.3 Å². The Labute approximate surface area is 189 Å². The molecule has 0 radical (unpaired) electrons. The lowest BCUT2D eigenvalue weighted by Gasteiger charge is -2.22. The van der Waals surface area contributed by atoms with E-state index in [1.54, 1.807) is 7.11 Å². The Balaban J connectivity index is 1.95. The summed E-state index contributed by atoms with van der Waals surface area (Å²) in [6, 6.07) is 15.9. The molecule has 7 heteroatoms. The summed E-state index contributed by atoms with van der Waals surface area (Å²) >= 11 is 0. The summed E-state index contributed by atoms with van der Waals surface area (Å²) in [7, 11) is 5.45. The number of aryl methyl sites for hydroxylation is 2. The quantitative estimate of drug-likeness (QED) is 0.447. The molecule has 174 valence electrons. The van der Waals surface area contributed by atoms with Crippen molar-refractivity contribution >= 4 is 11.9 Å². The van der Waals surface area contributed by atoms with E-state index in [9.17, 15) is 9.59 Å². The SMILES string of the molecule is COc1cccc(CCc2ccccc2OC[C@@H](CN(C)C)OC(=O)CCCC(=O)O)c1. The van der Waals surface area contributed by atoms with Gasteiger partial charge in [-0.05, 0) is 62.7 Å². The zero-order valence-corrected chi connectivity index (χ0v) is 19.1. The van der Waals surface area contributed by atoms with Crippen LogP contribution in [0.15, 0.2) is 48.5 Å². The summed E-state index contributed by atoms with van der Waals surface area (Å²) in [5, 5.41) is 8.72. The fraction of sp³-hybridized carbons (Fsp3) is 0.440. The van der Waals surface area contributed by atoms with E-state index in [-0.39, 0.29) is 25.9 Å². The number of carboxylic acids is 1. The molecule has 0 heterocycles. The number of likely N-dealkylation sites (N-methyl/N-ethyl adjacent to an activating group) is 1. The maximum atomic E-state index is 12.1. The van der Waals surface area contributed by atoms with Crippen LogP contribution in [0.4, 0.5) is 0 Å². The van der Waals surface area contributed by atoms with Gasteiger partial charge in [-0.15, -0.1) is 0 Å². The van der Waals surface area contributed by atoms with Gasteiger partial charge < -0.3 is 24.2 Å². The van der Waals surface area contributed by atoms with Gasteiger partial charge >= 0.3 is 11.9 Å². The maximum absolute atomic E-state index is 12.1. The molecule has 0 unspecified atom stereocenters. The third-order valence-electron chi connectivity index (χ3n) is 4.85. The highest BCUT2D eigenvalue weighted by Gasteiger charge is 2.17. The molecule has 2 aromatic rings. The van der Waals surface area contributed by atoms with Gasteiger partial charge in [-0.3, -0.25) is 9.59 Å². The minimum atomic E-state index is -0.920. The largest absolute Gasteiger partial charge is 0.497 e. The van der Waals surface area contributed by atoms with Crippen molar-refractivity contribution in [3.8, 4) is 11.5 Å². The smallest absolute Gasteiger partial charge is 0.306 e. The Bertz CT molecular complexity index is 867. The van der Waals surface area contributed by atoms with Crippen molar-refractivity contribution in [2.24, 2.45) is 0 Å². The van der Waals surface area contributed by atoms with Gasteiger partial charge in [-0.25, -0.2) is 0 Å². The Morgan fingerprint density at radius 2 is 1.81 bits per heavy atom. The van der Waals surface area contributed by atoms with Crippen LogP contribution < -0.4 is 9.47 Å². The van der Waals surface area contributed by atoms with E-state index in [1.165, 1.54) is 5.56 Å². The number of ether oxygens (including phenoxy) is 3. The van der Waals surface area contributed by atoms with Crippen molar-refractivity contribution in [3.05, 3.63) is 59.7 Å². The van der Waals surface area contributed by atoms with E-state index in [0.29, 0.717) is 6.54 Å². The minimum absolute atomic E-state index is 0.0510. The van der Waals surface area contributed by atoms with Gasteiger partial charge in [0, 0.05) is 19.4 Å². The minimum Gasteiger partial charge on any atom is -0.497 e. The first kappa shape index (κ1) is 25.2. The highest BCUT2D eigenvalue weighted by Crippen LogP contribution is 2.22. The van der Waals surface area contributed by atoms with E-state index in [4.69, 9.17) is 19.3 Å². The molecule has 0 saturated heterocycles. The van der Waals surface area contributed by atoms with Gasteiger partial charge in [0.25, 0.3) is 0 Å². The average molecular weight is 444 g/mol. The Hall–Kier alpha value is -3.06. The van der Waals surface area contributed by atoms with Gasteiger partial charge in [0.05, 0.1) is 7.11 Å². The number of carbonyl (C=O) groups excluding carboxylic acids is 1. The van der Waals surface area contributed by atoms with Crippen LogP contribution in [-0.4, -0.2) is 62.4 Å².